The number of thiophene rings is 1. The van der Waals surface area contributed by atoms with Crippen LogP contribution in [0.2, 0.25) is 0 Å². The van der Waals surface area contributed by atoms with Crippen LogP contribution in [0.1, 0.15) is 15.2 Å². The zero-order valence-electron chi connectivity index (χ0n) is 11.0. The number of carbonyl (C=O) groups is 1. The Morgan fingerprint density at radius 3 is 2.52 bits per heavy atom. The lowest BCUT2D eigenvalue weighted by molar-refractivity contribution is -0.380. The maximum Gasteiger partial charge on any atom is 0.324 e. The first-order chi connectivity index (χ1) is 10.1. The third-order valence-electron chi connectivity index (χ3n) is 3.23. The van der Waals surface area contributed by atoms with E-state index in [0.717, 1.165) is 27.7 Å². The summed E-state index contributed by atoms with van der Waals surface area (Å²) in [5.41, 5.74) is 0.912. The summed E-state index contributed by atoms with van der Waals surface area (Å²) in [7, 11) is 0. The Morgan fingerprint density at radius 2 is 1.81 bits per heavy atom. The number of rotatable bonds is 4. The van der Waals surface area contributed by atoms with E-state index in [1.807, 2.05) is 42.5 Å². The van der Waals surface area contributed by atoms with Gasteiger partial charge in [0.2, 0.25) is 0 Å². The summed E-state index contributed by atoms with van der Waals surface area (Å²) in [5.74, 6) is -0.0941. The van der Waals surface area contributed by atoms with Gasteiger partial charge in [-0.3, -0.25) is 14.9 Å². The minimum absolute atomic E-state index is 0.00291. The van der Waals surface area contributed by atoms with Crippen molar-refractivity contribution in [3.8, 4) is 0 Å². The molecule has 2 aromatic carbocycles. The minimum atomic E-state index is -0.475. The summed E-state index contributed by atoms with van der Waals surface area (Å²) in [6.07, 6.45) is 0.252. The van der Waals surface area contributed by atoms with Crippen molar-refractivity contribution in [1.82, 2.24) is 0 Å². The van der Waals surface area contributed by atoms with Gasteiger partial charge in [0.1, 0.15) is 0 Å². The molecule has 0 aliphatic carbocycles. The van der Waals surface area contributed by atoms with Gasteiger partial charge in [0, 0.05) is 12.5 Å². The molecule has 1 heterocycles. The molecule has 0 unspecified atom stereocenters. The SMILES string of the molecule is O=C(Cc1ccc2ccccc2c1)c1ccc([N+](=O)[O-])s1. The van der Waals surface area contributed by atoms with Crippen LogP contribution in [0.5, 0.6) is 0 Å². The van der Waals surface area contributed by atoms with Crippen LogP contribution < -0.4 is 0 Å². The third kappa shape index (κ3) is 2.83. The van der Waals surface area contributed by atoms with Gasteiger partial charge >= 0.3 is 5.00 Å². The molecule has 0 radical (unpaired) electrons. The second kappa shape index (κ2) is 5.46. The third-order valence-corrected chi connectivity index (χ3v) is 4.30. The van der Waals surface area contributed by atoms with Gasteiger partial charge in [0.05, 0.1) is 9.80 Å². The first-order valence-corrected chi connectivity index (χ1v) is 7.20. The lowest BCUT2D eigenvalue weighted by Crippen LogP contribution is -2.00. The molecule has 1 aromatic heterocycles. The maximum absolute atomic E-state index is 12.2. The summed E-state index contributed by atoms with van der Waals surface area (Å²) in [5, 5.41) is 12.9. The van der Waals surface area contributed by atoms with Crippen molar-refractivity contribution in [1.29, 1.82) is 0 Å². The summed E-state index contributed by atoms with van der Waals surface area (Å²) in [6.45, 7) is 0. The predicted molar refractivity (Wildman–Crippen MR) is 83.0 cm³/mol. The lowest BCUT2D eigenvalue weighted by Gasteiger charge is -2.02. The normalized spacial score (nSPS) is 10.7. The molecule has 3 aromatic rings. The summed E-state index contributed by atoms with van der Waals surface area (Å²) in [6, 6.07) is 16.7. The largest absolute Gasteiger partial charge is 0.324 e. The Bertz CT molecular complexity index is 838. The fourth-order valence-corrected chi connectivity index (χ4v) is 2.95. The molecule has 4 nitrogen and oxygen atoms in total. The number of fused-ring (bicyclic) bond motifs is 1. The van der Waals surface area contributed by atoms with E-state index in [-0.39, 0.29) is 17.2 Å². The first kappa shape index (κ1) is 13.5. The van der Waals surface area contributed by atoms with Gasteiger partial charge in [-0.2, -0.15) is 0 Å². The minimum Gasteiger partial charge on any atom is -0.293 e. The van der Waals surface area contributed by atoms with Crippen LogP contribution >= 0.6 is 11.3 Å². The van der Waals surface area contributed by atoms with E-state index in [1.165, 1.54) is 12.1 Å². The molecule has 0 saturated carbocycles. The molecule has 0 fully saturated rings. The predicted octanol–water partition coefficient (Wildman–Crippen LogP) is 4.23. The molecule has 0 spiro atoms. The Morgan fingerprint density at radius 1 is 1.05 bits per heavy atom. The van der Waals surface area contributed by atoms with Gasteiger partial charge in [-0.1, -0.05) is 53.8 Å². The highest BCUT2D eigenvalue weighted by atomic mass is 32.1. The molecule has 0 amide bonds. The Kier molecular flexibility index (Phi) is 3.50. The average molecular weight is 297 g/mol. The van der Waals surface area contributed by atoms with E-state index in [4.69, 9.17) is 0 Å². The van der Waals surface area contributed by atoms with E-state index in [1.54, 1.807) is 0 Å². The summed E-state index contributed by atoms with van der Waals surface area (Å²) >= 11 is 0.923. The molecule has 21 heavy (non-hydrogen) atoms. The molecule has 0 aliphatic rings. The number of benzene rings is 2. The number of nitro groups is 1. The molecule has 3 rings (SSSR count). The van der Waals surface area contributed by atoms with Gasteiger partial charge in [0.15, 0.2) is 5.78 Å². The quantitative estimate of drug-likeness (QED) is 0.411. The molecule has 0 atom stereocenters. The van der Waals surface area contributed by atoms with Gasteiger partial charge in [-0.15, -0.1) is 0 Å². The van der Waals surface area contributed by atoms with Crippen molar-refractivity contribution in [2.24, 2.45) is 0 Å². The van der Waals surface area contributed by atoms with Crippen molar-refractivity contribution in [3.63, 3.8) is 0 Å². The van der Waals surface area contributed by atoms with Crippen molar-refractivity contribution in [3.05, 3.63) is 75.2 Å². The number of carbonyl (C=O) groups excluding carboxylic acids is 1. The second-order valence-electron chi connectivity index (χ2n) is 4.68. The Balaban J connectivity index is 1.83. The van der Waals surface area contributed by atoms with Gasteiger partial charge in [-0.05, 0) is 22.4 Å². The Labute approximate surface area is 124 Å². The van der Waals surface area contributed by atoms with E-state index < -0.39 is 4.92 Å². The highest BCUT2D eigenvalue weighted by Gasteiger charge is 2.15. The molecule has 104 valence electrons. The van der Waals surface area contributed by atoms with E-state index >= 15 is 0 Å². The zero-order chi connectivity index (χ0) is 14.8. The standard InChI is InChI=1S/C16H11NO3S/c18-14(15-7-8-16(21-15)17(19)20)10-11-5-6-12-3-1-2-4-13(12)9-11/h1-9H,10H2. The fraction of sp³-hybridized carbons (Fsp3) is 0.0625. The van der Waals surface area contributed by atoms with Crippen LogP contribution in [-0.4, -0.2) is 10.7 Å². The summed E-state index contributed by atoms with van der Waals surface area (Å²) in [4.78, 5) is 22.8. The van der Waals surface area contributed by atoms with Crippen molar-refractivity contribution < 1.29 is 9.72 Å². The zero-order valence-corrected chi connectivity index (χ0v) is 11.8. The summed E-state index contributed by atoms with van der Waals surface area (Å²) < 4.78 is 0. The van der Waals surface area contributed by atoms with Crippen LogP contribution in [0.3, 0.4) is 0 Å². The van der Waals surface area contributed by atoms with Crippen LogP contribution in [0.25, 0.3) is 10.8 Å². The smallest absolute Gasteiger partial charge is 0.293 e. The van der Waals surface area contributed by atoms with E-state index in [2.05, 4.69) is 0 Å². The van der Waals surface area contributed by atoms with Crippen LogP contribution in [-0.2, 0) is 6.42 Å². The second-order valence-corrected chi connectivity index (χ2v) is 5.74. The average Bonchev–Trinajstić information content (AvgIpc) is 2.97. The lowest BCUT2D eigenvalue weighted by atomic mass is 10.0. The van der Waals surface area contributed by atoms with Gasteiger partial charge in [-0.25, -0.2) is 0 Å². The first-order valence-electron chi connectivity index (χ1n) is 6.38. The number of Topliss-reactive ketones (excluding diaryl/α,β-unsaturated/α-hetero) is 1. The van der Waals surface area contributed by atoms with Crippen LogP contribution in [0, 0.1) is 10.1 Å². The van der Waals surface area contributed by atoms with Gasteiger partial charge in [0.25, 0.3) is 0 Å². The topological polar surface area (TPSA) is 60.2 Å². The molecule has 0 saturated heterocycles. The number of ketones is 1. The molecule has 0 N–H and O–H groups in total. The van der Waals surface area contributed by atoms with E-state index in [0.29, 0.717) is 4.88 Å². The Hall–Kier alpha value is -2.53. The van der Waals surface area contributed by atoms with Crippen molar-refractivity contribution in [2.75, 3.05) is 0 Å². The molecule has 0 bridgehead atoms. The molecular formula is C16H11NO3S. The van der Waals surface area contributed by atoms with Crippen LogP contribution in [0.15, 0.2) is 54.6 Å². The monoisotopic (exact) mass is 297 g/mol. The highest BCUT2D eigenvalue weighted by Crippen LogP contribution is 2.25. The van der Waals surface area contributed by atoms with Crippen LogP contribution in [0.4, 0.5) is 5.00 Å². The van der Waals surface area contributed by atoms with Gasteiger partial charge < -0.3 is 0 Å². The van der Waals surface area contributed by atoms with Crippen molar-refractivity contribution >= 4 is 32.9 Å². The van der Waals surface area contributed by atoms with Crippen molar-refractivity contribution in [2.45, 2.75) is 6.42 Å². The molecular weight excluding hydrogens is 286 g/mol. The molecule has 0 aliphatic heterocycles. The maximum atomic E-state index is 12.2. The fourth-order valence-electron chi connectivity index (χ4n) is 2.20. The highest BCUT2D eigenvalue weighted by molar-refractivity contribution is 7.17. The van der Waals surface area contributed by atoms with E-state index in [9.17, 15) is 14.9 Å². The number of nitrogens with zero attached hydrogens (tertiary/aromatic N) is 1. The number of hydrogen-bond donors (Lipinski definition) is 0. The number of hydrogen-bond acceptors (Lipinski definition) is 4. The molecule has 5 heteroatoms.